The number of methoxy groups -OCH3 is 1. The number of rotatable bonds is 7. The number of hydrogen-bond acceptors (Lipinski definition) is 4. The molecule has 7 heteroatoms. The van der Waals surface area contributed by atoms with Gasteiger partial charge in [0.05, 0.1) is 19.1 Å². The third-order valence-corrected chi connectivity index (χ3v) is 4.30. The number of likely N-dealkylation sites (tertiary alicyclic amines) is 1. The van der Waals surface area contributed by atoms with E-state index in [1.807, 2.05) is 18.2 Å². The van der Waals surface area contributed by atoms with E-state index in [0.29, 0.717) is 38.2 Å². The average molecular weight is 347 g/mol. The van der Waals surface area contributed by atoms with Gasteiger partial charge in [-0.05, 0) is 25.0 Å². The maximum Gasteiger partial charge on any atom is 0.253 e. The Kier molecular flexibility index (Phi) is 6.94. The van der Waals surface area contributed by atoms with Crippen LogP contribution in [0.3, 0.4) is 0 Å². The number of amides is 3. The molecule has 0 aliphatic carbocycles. The van der Waals surface area contributed by atoms with Crippen LogP contribution in [0.4, 0.5) is 0 Å². The standard InChI is InChI=1S/C18H25N3O4/c1-25-11-10-21(13-16(19)22)18(24)15-8-5-9-20(12-15)17(23)14-6-3-2-4-7-14/h2-4,6-7,15H,5,8-13H2,1H3,(H2,19,22). The molecule has 1 saturated heterocycles. The van der Waals surface area contributed by atoms with E-state index in [1.54, 1.807) is 17.0 Å². The lowest BCUT2D eigenvalue weighted by Gasteiger charge is -2.34. The first-order valence-corrected chi connectivity index (χ1v) is 8.43. The van der Waals surface area contributed by atoms with Gasteiger partial charge in [0.15, 0.2) is 0 Å². The first kappa shape index (κ1) is 18.9. The van der Waals surface area contributed by atoms with E-state index >= 15 is 0 Å². The number of piperidine rings is 1. The summed E-state index contributed by atoms with van der Waals surface area (Å²) in [6, 6.07) is 9.03. The Labute approximate surface area is 147 Å². The van der Waals surface area contributed by atoms with Crippen LogP contribution in [-0.2, 0) is 14.3 Å². The minimum absolute atomic E-state index is 0.0727. The monoisotopic (exact) mass is 347 g/mol. The van der Waals surface area contributed by atoms with Gasteiger partial charge in [0.1, 0.15) is 0 Å². The van der Waals surface area contributed by atoms with Crippen LogP contribution in [0.1, 0.15) is 23.2 Å². The van der Waals surface area contributed by atoms with Gasteiger partial charge >= 0.3 is 0 Å². The summed E-state index contributed by atoms with van der Waals surface area (Å²) in [5.74, 6) is -1.10. The summed E-state index contributed by atoms with van der Waals surface area (Å²) in [4.78, 5) is 39.7. The number of primary amides is 1. The van der Waals surface area contributed by atoms with Crippen molar-refractivity contribution in [1.29, 1.82) is 0 Å². The lowest BCUT2D eigenvalue weighted by Crippen LogP contribution is -2.49. The van der Waals surface area contributed by atoms with Gasteiger partial charge in [0, 0.05) is 32.3 Å². The Balaban J connectivity index is 2.04. The fourth-order valence-electron chi connectivity index (χ4n) is 3.04. The van der Waals surface area contributed by atoms with Crippen LogP contribution in [0.15, 0.2) is 30.3 Å². The first-order chi connectivity index (χ1) is 12.0. The highest BCUT2D eigenvalue weighted by atomic mass is 16.5. The van der Waals surface area contributed by atoms with Gasteiger partial charge < -0.3 is 20.3 Å². The van der Waals surface area contributed by atoms with Crippen LogP contribution in [0.2, 0.25) is 0 Å². The van der Waals surface area contributed by atoms with E-state index in [1.165, 1.54) is 12.0 Å². The van der Waals surface area contributed by atoms with Crippen LogP contribution in [0, 0.1) is 5.92 Å². The van der Waals surface area contributed by atoms with Crippen molar-refractivity contribution >= 4 is 17.7 Å². The molecule has 25 heavy (non-hydrogen) atoms. The molecule has 1 aliphatic heterocycles. The molecule has 0 radical (unpaired) electrons. The molecule has 1 heterocycles. The number of carbonyl (C=O) groups excluding carboxylic acids is 3. The lowest BCUT2D eigenvalue weighted by atomic mass is 9.95. The first-order valence-electron chi connectivity index (χ1n) is 8.43. The predicted molar refractivity (Wildman–Crippen MR) is 92.7 cm³/mol. The van der Waals surface area contributed by atoms with Gasteiger partial charge in [-0.15, -0.1) is 0 Å². The summed E-state index contributed by atoms with van der Waals surface area (Å²) >= 11 is 0. The molecule has 1 aromatic carbocycles. The summed E-state index contributed by atoms with van der Waals surface area (Å²) in [7, 11) is 1.54. The van der Waals surface area contributed by atoms with Gasteiger partial charge in [-0.2, -0.15) is 0 Å². The fourth-order valence-corrected chi connectivity index (χ4v) is 3.04. The minimum atomic E-state index is -0.558. The Morgan fingerprint density at radius 1 is 1.28 bits per heavy atom. The number of carbonyl (C=O) groups is 3. The van der Waals surface area contributed by atoms with Crippen molar-refractivity contribution in [3.8, 4) is 0 Å². The zero-order chi connectivity index (χ0) is 18.2. The maximum absolute atomic E-state index is 12.8. The topological polar surface area (TPSA) is 92.9 Å². The van der Waals surface area contributed by atoms with Gasteiger partial charge in [-0.3, -0.25) is 14.4 Å². The largest absolute Gasteiger partial charge is 0.383 e. The summed E-state index contributed by atoms with van der Waals surface area (Å²) in [5, 5.41) is 0. The number of hydrogen-bond donors (Lipinski definition) is 1. The van der Waals surface area contributed by atoms with E-state index < -0.39 is 5.91 Å². The molecule has 0 spiro atoms. The van der Waals surface area contributed by atoms with E-state index in [-0.39, 0.29) is 24.3 Å². The van der Waals surface area contributed by atoms with Crippen molar-refractivity contribution in [3.05, 3.63) is 35.9 Å². The molecule has 0 bridgehead atoms. The SMILES string of the molecule is COCCN(CC(N)=O)C(=O)C1CCCN(C(=O)c2ccccc2)C1. The van der Waals surface area contributed by atoms with Crippen molar-refractivity contribution in [3.63, 3.8) is 0 Å². The molecule has 1 atom stereocenters. The second-order valence-electron chi connectivity index (χ2n) is 6.18. The molecule has 1 aromatic rings. The predicted octanol–water partition coefficient (Wildman–Crippen LogP) is 0.499. The molecular weight excluding hydrogens is 322 g/mol. The highest BCUT2D eigenvalue weighted by molar-refractivity contribution is 5.94. The Morgan fingerprint density at radius 2 is 2.00 bits per heavy atom. The van der Waals surface area contributed by atoms with Crippen molar-refractivity contribution < 1.29 is 19.1 Å². The molecule has 0 aromatic heterocycles. The number of nitrogens with two attached hydrogens (primary N) is 1. The summed E-state index contributed by atoms with van der Waals surface area (Å²) < 4.78 is 5.00. The van der Waals surface area contributed by atoms with E-state index in [0.717, 1.165) is 6.42 Å². The Bertz CT molecular complexity index is 606. The van der Waals surface area contributed by atoms with Crippen LogP contribution in [0.25, 0.3) is 0 Å². The molecule has 7 nitrogen and oxygen atoms in total. The molecule has 1 unspecified atom stereocenters. The van der Waals surface area contributed by atoms with Crippen molar-refractivity contribution in [2.75, 3.05) is 39.9 Å². The van der Waals surface area contributed by atoms with Gasteiger partial charge in [-0.1, -0.05) is 18.2 Å². The Hall–Kier alpha value is -2.41. The molecule has 0 saturated carbocycles. The lowest BCUT2D eigenvalue weighted by molar-refractivity contribution is -0.140. The van der Waals surface area contributed by atoms with E-state index in [4.69, 9.17) is 10.5 Å². The quantitative estimate of drug-likeness (QED) is 0.777. The van der Waals surface area contributed by atoms with Crippen molar-refractivity contribution in [2.24, 2.45) is 11.7 Å². The smallest absolute Gasteiger partial charge is 0.253 e. The van der Waals surface area contributed by atoms with Gasteiger partial charge in [0.2, 0.25) is 11.8 Å². The Morgan fingerprint density at radius 3 is 2.64 bits per heavy atom. The second-order valence-corrected chi connectivity index (χ2v) is 6.18. The average Bonchev–Trinajstić information content (AvgIpc) is 2.64. The van der Waals surface area contributed by atoms with Crippen LogP contribution >= 0.6 is 0 Å². The maximum atomic E-state index is 12.8. The summed E-state index contributed by atoms with van der Waals surface area (Å²) in [5.41, 5.74) is 5.86. The summed E-state index contributed by atoms with van der Waals surface area (Å²) in [6.07, 6.45) is 1.45. The van der Waals surface area contributed by atoms with Crippen molar-refractivity contribution in [1.82, 2.24) is 9.80 Å². The second kappa shape index (κ2) is 9.17. The van der Waals surface area contributed by atoms with Crippen LogP contribution < -0.4 is 5.73 Å². The van der Waals surface area contributed by atoms with Gasteiger partial charge in [-0.25, -0.2) is 0 Å². The molecule has 1 fully saturated rings. The summed E-state index contributed by atoms with van der Waals surface area (Å²) in [6.45, 7) is 1.49. The molecule has 3 amide bonds. The molecule has 2 rings (SSSR count). The fraction of sp³-hybridized carbons (Fsp3) is 0.500. The van der Waals surface area contributed by atoms with Crippen molar-refractivity contribution in [2.45, 2.75) is 12.8 Å². The minimum Gasteiger partial charge on any atom is -0.383 e. The normalized spacial score (nSPS) is 17.2. The molecule has 2 N–H and O–H groups in total. The molecule has 1 aliphatic rings. The van der Waals surface area contributed by atoms with Gasteiger partial charge in [0.25, 0.3) is 5.91 Å². The van der Waals surface area contributed by atoms with Crippen LogP contribution in [-0.4, -0.2) is 67.4 Å². The highest BCUT2D eigenvalue weighted by Crippen LogP contribution is 2.20. The third-order valence-electron chi connectivity index (χ3n) is 4.30. The zero-order valence-corrected chi connectivity index (χ0v) is 14.5. The number of ether oxygens (including phenoxy) is 1. The van der Waals surface area contributed by atoms with E-state index in [2.05, 4.69) is 0 Å². The van der Waals surface area contributed by atoms with E-state index in [9.17, 15) is 14.4 Å². The molecule has 136 valence electrons. The molecular formula is C18H25N3O4. The number of nitrogens with zero attached hydrogens (tertiary/aromatic N) is 2. The van der Waals surface area contributed by atoms with Crippen LogP contribution in [0.5, 0.6) is 0 Å². The highest BCUT2D eigenvalue weighted by Gasteiger charge is 2.31. The zero-order valence-electron chi connectivity index (χ0n) is 14.5. The number of benzene rings is 1. The third kappa shape index (κ3) is 5.29.